The molecule has 0 amide bonds. The van der Waals surface area contributed by atoms with Gasteiger partial charge in [0, 0.05) is 12.3 Å². The summed E-state index contributed by atoms with van der Waals surface area (Å²) in [5, 5.41) is 8.88. The first kappa shape index (κ1) is 15.3. The second-order valence-electron chi connectivity index (χ2n) is 3.93. The number of benzene rings is 1. The van der Waals surface area contributed by atoms with Crippen molar-refractivity contribution < 1.29 is 27.8 Å². The zero-order valence-electron chi connectivity index (χ0n) is 10.2. The molecule has 0 spiro atoms. The topological polar surface area (TPSA) is 59.4 Å². The quantitative estimate of drug-likeness (QED) is 0.882. The van der Waals surface area contributed by atoms with E-state index < -0.39 is 17.7 Å². The summed E-state index contributed by atoms with van der Waals surface area (Å²) >= 11 is 3.13. The highest BCUT2D eigenvalue weighted by molar-refractivity contribution is 9.10. The zero-order valence-corrected chi connectivity index (χ0v) is 11.8. The predicted molar refractivity (Wildman–Crippen MR) is 70.4 cm³/mol. The third-order valence-electron chi connectivity index (χ3n) is 2.45. The molecule has 1 heterocycles. The number of nitrogens with zero attached hydrogens (tertiary/aromatic N) is 1. The van der Waals surface area contributed by atoms with Crippen LogP contribution in [0.2, 0.25) is 0 Å². The lowest BCUT2D eigenvalue weighted by Gasteiger charge is -2.10. The Balaban J connectivity index is 2.34. The van der Waals surface area contributed by atoms with Crippen LogP contribution in [0.4, 0.5) is 13.2 Å². The van der Waals surface area contributed by atoms with Gasteiger partial charge in [0.05, 0.1) is 15.6 Å². The van der Waals surface area contributed by atoms with Crippen LogP contribution in [0.25, 0.3) is 0 Å². The molecule has 0 saturated carbocycles. The fraction of sp³-hybridized carbons (Fsp3) is 0.0769. The van der Waals surface area contributed by atoms with E-state index in [0.29, 0.717) is 4.47 Å². The second kappa shape index (κ2) is 5.72. The Kier molecular flexibility index (Phi) is 4.17. The molecule has 8 heteroatoms. The molecule has 0 saturated heterocycles. The highest BCUT2D eigenvalue weighted by atomic mass is 79.9. The third-order valence-corrected chi connectivity index (χ3v) is 3.11. The fourth-order valence-electron chi connectivity index (χ4n) is 1.47. The van der Waals surface area contributed by atoms with Crippen LogP contribution < -0.4 is 4.74 Å². The molecule has 1 aromatic carbocycles. The van der Waals surface area contributed by atoms with Gasteiger partial charge in [-0.3, -0.25) is 0 Å². The maximum Gasteiger partial charge on any atom is 0.416 e. The van der Waals surface area contributed by atoms with Gasteiger partial charge in [0.2, 0.25) is 5.88 Å². The van der Waals surface area contributed by atoms with Crippen LogP contribution >= 0.6 is 15.9 Å². The molecule has 0 unspecified atom stereocenters. The molecule has 0 aliphatic carbocycles. The van der Waals surface area contributed by atoms with Gasteiger partial charge in [0.25, 0.3) is 0 Å². The Hall–Kier alpha value is -2.09. The summed E-state index contributed by atoms with van der Waals surface area (Å²) in [6, 6.07) is 5.50. The van der Waals surface area contributed by atoms with Crippen molar-refractivity contribution in [2.45, 2.75) is 6.18 Å². The highest BCUT2D eigenvalue weighted by Gasteiger charge is 2.31. The van der Waals surface area contributed by atoms with E-state index in [9.17, 15) is 18.0 Å². The lowest BCUT2D eigenvalue weighted by Crippen LogP contribution is -2.05. The zero-order chi connectivity index (χ0) is 15.6. The molecule has 0 radical (unpaired) electrons. The minimum Gasteiger partial charge on any atom is -0.478 e. The summed E-state index contributed by atoms with van der Waals surface area (Å²) in [5.41, 5.74) is -0.960. The van der Waals surface area contributed by atoms with E-state index in [1.54, 1.807) is 0 Å². The maximum absolute atomic E-state index is 12.6. The molecule has 1 aromatic heterocycles. The first-order valence-corrected chi connectivity index (χ1v) is 6.30. The third kappa shape index (κ3) is 3.72. The number of halogens is 4. The van der Waals surface area contributed by atoms with E-state index in [1.807, 2.05) is 0 Å². The number of carbonyl (C=O) groups is 1. The van der Waals surface area contributed by atoms with Crippen LogP contribution in [0.1, 0.15) is 15.9 Å². The van der Waals surface area contributed by atoms with Crippen LogP contribution in [0.3, 0.4) is 0 Å². The van der Waals surface area contributed by atoms with Crippen molar-refractivity contribution in [1.29, 1.82) is 0 Å². The molecule has 4 nitrogen and oxygen atoms in total. The minimum absolute atomic E-state index is 0.0554. The summed E-state index contributed by atoms with van der Waals surface area (Å²) in [5.74, 6) is -1.40. The monoisotopic (exact) mass is 361 g/mol. The summed E-state index contributed by atoms with van der Waals surface area (Å²) in [4.78, 5) is 14.5. The lowest BCUT2D eigenvalue weighted by molar-refractivity contribution is -0.137. The number of alkyl halides is 3. The van der Waals surface area contributed by atoms with Gasteiger partial charge in [-0.2, -0.15) is 13.2 Å². The van der Waals surface area contributed by atoms with Crippen LogP contribution in [0.15, 0.2) is 41.0 Å². The summed E-state index contributed by atoms with van der Waals surface area (Å²) in [6.07, 6.45) is -3.55. The van der Waals surface area contributed by atoms with Crippen molar-refractivity contribution in [2.24, 2.45) is 0 Å². The molecule has 110 valence electrons. The standard InChI is InChI=1S/C13H7BrF3NO3/c14-9-2-1-7(12(19)20)5-10(9)21-11-6-8(3-4-18-11)13(15,16)17/h1-6H,(H,19,20). The smallest absolute Gasteiger partial charge is 0.416 e. The normalized spacial score (nSPS) is 11.2. The summed E-state index contributed by atoms with van der Waals surface area (Å²) in [7, 11) is 0. The minimum atomic E-state index is -4.51. The van der Waals surface area contributed by atoms with Crippen molar-refractivity contribution in [1.82, 2.24) is 4.98 Å². The molecule has 1 N–H and O–H groups in total. The average molecular weight is 362 g/mol. The number of aromatic carboxylic acids is 1. The number of ether oxygens (including phenoxy) is 1. The molecule has 0 atom stereocenters. The molecule has 0 bridgehead atoms. The van der Waals surface area contributed by atoms with Gasteiger partial charge in [0.1, 0.15) is 5.75 Å². The Labute approximate surface area is 125 Å². The van der Waals surface area contributed by atoms with Crippen molar-refractivity contribution in [3.63, 3.8) is 0 Å². The number of rotatable bonds is 3. The number of pyridine rings is 1. The van der Waals surface area contributed by atoms with E-state index in [0.717, 1.165) is 18.3 Å². The Morgan fingerprint density at radius 3 is 2.57 bits per heavy atom. The lowest BCUT2D eigenvalue weighted by atomic mass is 10.2. The van der Waals surface area contributed by atoms with Gasteiger partial charge < -0.3 is 9.84 Å². The van der Waals surface area contributed by atoms with Crippen molar-refractivity contribution in [3.8, 4) is 11.6 Å². The maximum atomic E-state index is 12.6. The summed E-state index contributed by atoms with van der Waals surface area (Å²) in [6.45, 7) is 0. The Morgan fingerprint density at radius 1 is 1.24 bits per heavy atom. The number of hydrogen-bond donors (Lipinski definition) is 1. The van der Waals surface area contributed by atoms with Crippen LogP contribution in [0, 0.1) is 0 Å². The number of aromatic nitrogens is 1. The molecule has 0 aliphatic heterocycles. The van der Waals surface area contributed by atoms with Gasteiger partial charge in [0.15, 0.2) is 0 Å². The predicted octanol–water partition coefficient (Wildman–Crippen LogP) is 4.35. The molecule has 2 aromatic rings. The van der Waals surface area contributed by atoms with Crippen molar-refractivity contribution in [3.05, 3.63) is 52.1 Å². The van der Waals surface area contributed by atoms with Crippen molar-refractivity contribution in [2.75, 3.05) is 0 Å². The van der Waals surface area contributed by atoms with E-state index in [4.69, 9.17) is 9.84 Å². The second-order valence-corrected chi connectivity index (χ2v) is 4.79. The van der Waals surface area contributed by atoms with E-state index in [1.165, 1.54) is 18.2 Å². The number of carboxylic acids is 1. The average Bonchev–Trinajstić information content (AvgIpc) is 2.40. The van der Waals surface area contributed by atoms with Gasteiger partial charge in [-0.1, -0.05) is 0 Å². The van der Waals surface area contributed by atoms with Gasteiger partial charge in [-0.25, -0.2) is 9.78 Å². The van der Waals surface area contributed by atoms with E-state index in [2.05, 4.69) is 20.9 Å². The molecule has 0 fully saturated rings. The fourth-order valence-corrected chi connectivity index (χ4v) is 1.80. The first-order chi connectivity index (χ1) is 9.77. The Bertz CT molecular complexity index is 689. The first-order valence-electron chi connectivity index (χ1n) is 5.51. The largest absolute Gasteiger partial charge is 0.478 e. The van der Waals surface area contributed by atoms with Crippen LogP contribution in [-0.2, 0) is 6.18 Å². The SMILES string of the molecule is O=C(O)c1ccc(Br)c(Oc2cc(C(F)(F)F)ccn2)c1. The Morgan fingerprint density at radius 2 is 1.95 bits per heavy atom. The van der Waals surface area contributed by atoms with Crippen LogP contribution in [-0.4, -0.2) is 16.1 Å². The molecule has 2 rings (SSSR count). The highest BCUT2D eigenvalue weighted by Crippen LogP contribution is 2.33. The number of carboxylic acid groups (broad SMARTS) is 1. The van der Waals surface area contributed by atoms with Gasteiger partial charge in [-0.15, -0.1) is 0 Å². The summed E-state index contributed by atoms with van der Waals surface area (Å²) < 4.78 is 43.4. The van der Waals surface area contributed by atoms with Crippen molar-refractivity contribution >= 4 is 21.9 Å². The molecule has 0 aliphatic rings. The van der Waals surface area contributed by atoms with Gasteiger partial charge in [-0.05, 0) is 40.2 Å². The van der Waals surface area contributed by atoms with Gasteiger partial charge >= 0.3 is 12.1 Å². The molecular weight excluding hydrogens is 355 g/mol. The van der Waals surface area contributed by atoms with E-state index in [-0.39, 0.29) is 17.2 Å². The number of hydrogen-bond acceptors (Lipinski definition) is 3. The van der Waals surface area contributed by atoms with Crippen LogP contribution in [0.5, 0.6) is 11.6 Å². The van der Waals surface area contributed by atoms with E-state index >= 15 is 0 Å². The molecule has 21 heavy (non-hydrogen) atoms. The molecular formula is C13H7BrF3NO3.